The van der Waals surface area contributed by atoms with Gasteiger partial charge in [-0.1, -0.05) is 20.8 Å². The highest BCUT2D eigenvalue weighted by Gasteiger charge is 2.28. The van der Waals surface area contributed by atoms with E-state index in [4.69, 9.17) is 0 Å². The molecule has 0 bridgehead atoms. The highest BCUT2D eigenvalue weighted by Crippen LogP contribution is 2.24. The number of rotatable bonds is 5. The first-order chi connectivity index (χ1) is 8.02. The number of carbonyl (C=O) groups excluding carboxylic acids is 1. The van der Waals surface area contributed by atoms with Crippen LogP contribution >= 0.6 is 11.8 Å². The van der Waals surface area contributed by atoms with Crippen LogP contribution in [0.3, 0.4) is 0 Å². The van der Waals surface area contributed by atoms with Crippen molar-refractivity contribution in [3.8, 4) is 0 Å². The Kier molecular flexibility index (Phi) is 6.34. The summed E-state index contributed by atoms with van der Waals surface area (Å²) in [6.07, 6.45) is 1.63. The highest BCUT2D eigenvalue weighted by molar-refractivity contribution is 8.00. The van der Waals surface area contributed by atoms with E-state index in [-0.39, 0.29) is 0 Å². The standard InChI is InChI=1S/C13H26N2OS/c1-10(2)14-7-5-6-13(16)15-8-9-17-12(4)11(15)3/h10-12,14H,5-9H2,1-4H3. The lowest BCUT2D eigenvalue weighted by molar-refractivity contribution is -0.133. The molecule has 1 fully saturated rings. The molecule has 0 radical (unpaired) electrons. The van der Waals surface area contributed by atoms with E-state index < -0.39 is 0 Å². The van der Waals surface area contributed by atoms with Crippen LogP contribution in [0.1, 0.15) is 40.5 Å². The van der Waals surface area contributed by atoms with Crippen LogP contribution in [-0.4, -0.2) is 47.0 Å². The van der Waals surface area contributed by atoms with Gasteiger partial charge in [0.1, 0.15) is 0 Å². The summed E-state index contributed by atoms with van der Waals surface area (Å²) >= 11 is 1.97. The van der Waals surface area contributed by atoms with E-state index in [2.05, 4.69) is 37.9 Å². The molecule has 0 aromatic carbocycles. The molecule has 2 unspecified atom stereocenters. The average Bonchev–Trinajstić information content (AvgIpc) is 2.27. The lowest BCUT2D eigenvalue weighted by Crippen LogP contribution is -2.48. The van der Waals surface area contributed by atoms with Crippen molar-refractivity contribution in [1.29, 1.82) is 0 Å². The van der Waals surface area contributed by atoms with Crippen LogP contribution in [0.4, 0.5) is 0 Å². The van der Waals surface area contributed by atoms with Gasteiger partial charge in [-0.3, -0.25) is 4.79 Å². The van der Waals surface area contributed by atoms with Crippen molar-refractivity contribution < 1.29 is 4.79 Å². The minimum atomic E-state index is 0.329. The number of carbonyl (C=O) groups is 1. The topological polar surface area (TPSA) is 32.3 Å². The molecule has 1 saturated heterocycles. The molecule has 1 heterocycles. The number of amides is 1. The summed E-state index contributed by atoms with van der Waals surface area (Å²) < 4.78 is 0. The van der Waals surface area contributed by atoms with Crippen molar-refractivity contribution >= 4 is 17.7 Å². The Morgan fingerprint density at radius 2 is 2.18 bits per heavy atom. The monoisotopic (exact) mass is 258 g/mol. The van der Waals surface area contributed by atoms with Gasteiger partial charge in [-0.2, -0.15) is 11.8 Å². The summed E-state index contributed by atoms with van der Waals surface area (Å²) in [6.45, 7) is 10.5. The third kappa shape index (κ3) is 4.88. The number of thioether (sulfide) groups is 1. The van der Waals surface area contributed by atoms with Crippen LogP contribution in [0, 0.1) is 0 Å². The molecule has 2 atom stereocenters. The van der Waals surface area contributed by atoms with Gasteiger partial charge in [-0.25, -0.2) is 0 Å². The van der Waals surface area contributed by atoms with Crippen LogP contribution in [0.2, 0.25) is 0 Å². The molecular weight excluding hydrogens is 232 g/mol. The summed E-state index contributed by atoms with van der Waals surface area (Å²) in [5.41, 5.74) is 0. The minimum Gasteiger partial charge on any atom is -0.338 e. The molecule has 1 amide bonds. The van der Waals surface area contributed by atoms with Gasteiger partial charge in [0.25, 0.3) is 0 Å². The Balaban J connectivity index is 2.27. The van der Waals surface area contributed by atoms with Crippen molar-refractivity contribution in [2.75, 3.05) is 18.8 Å². The Bertz CT molecular complexity index is 246. The first-order valence-electron chi connectivity index (χ1n) is 6.67. The summed E-state index contributed by atoms with van der Waals surface area (Å²) in [6, 6.07) is 0.898. The van der Waals surface area contributed by atoms with Gasteiger partial charge >= 0.3 is 0 Å². The maximum absolute atomic E-state index is 12.1. The van der Waals surface area contributed by atoms with E-state index in [1.807, 2.05) is 11.8 Å². The zero-order chi connectivity index (χ0) is 12.8. The molecule has 100 valence electrons. The summed E-state index contributed by atoms with van der Waals surface area (Å²) in [5.74, 6) is 1.41. The fraction of sp³-hybridized carbons (Fsp3) is 0.923. The number of nitrogens with one attached hydrogen (secondary N) is 1. The van der Waals surface area contributed by atoms with Gasteiger partial charge in [0.15, 0.2) is 0 Å². The SMILES string of the molecule is CC(C)NCCCC(=O)N1CCSC(C)C1C. The molecule has 0 aliphatic carbocycles. The Morgan fingerprint density at radius 1 is 1.47 bits per heavy atom. The normalized spacial score (nSPS) is 25.4. The van der Waals surface area contributed by atoms with Crippen LogP contribution in [-0.2, 0) is 4.79 Å². The Hall–Kier alpha value is -0.220. The van der Waals surface area contributed by atoms with E-state index >= 15 is 0 Å². The Morgan fingerprint density at radius 3 is 2.82 bits per heavy atom. The van der Waals surface area contributed by atoms with E-state index in [9.17, 15) is 4.79 Å². The largest absolute Gasteiger partial charge is 0.338 e. The van der Waals surface area contributed by atoms with Crippen molar-refractivity contribution in [2.24, 2.45) is 0 Å². The van der Waals surface area contributed by atoms with Crippen molar-refractivity contribution in [3.05, 3.63) is 0 Å². The van der Waals surface area contributed by atoms with Crippen LogP contribution in [0.25, 0.3) is 0 Å². The predicted octanol–water partition coefficient (Wildman–Crippen LogP) is 2.12. The van der Waals surface area contributed by atoms with Crippen molar-refractivity contribution in [2.45, 2.75) is 57.9 Å². The molecule has 0 aromatic rings. The van der Waals surface area contributed by atoms with Gasteiger partial charge in [-0.05, 0) is 19.9 Å². The maximum Gasteiger partial charge on any atom is 0.222 e. The van der Waals surface area contributed by atoms with Gasteiger partial charge in [0.05, 0.1) is 0 Å². The van der Waals surface area contributed by atoms with E-state index in [1.165, 1.54) is 0 Å². The quantitative estimate of drug-likeness (QED) is 0.767. The molecule has 3 nitrogen and oxygen atoms in total. The minimum absolute atomic E-state index is 0.329. The third-order valence-corrected chi connectivity index (χ3v) is 4.66. The zero-order valence-corrected chi connectivity index (χ0v) is 12.3. The second kappa shape index (κ2) is 7.27. The van der Waals surface area contributed by atoms with Gasteiger partial charge in [0.2, 0.25) is 5.91 Å². The van der Waals surface area contributed by atoms with Gasteiger partial charge < -0.3 is 10.2 Å². The van der Waals surface area contributed by atoms with Gasteiger partial charge in [-0.15, -0.1) is 0 Å². The summed E-state index contributed by atoms with van der Waals surface area (Å²) in [4.78, 5) is 14.2. The first-order valence-corrected chi connectivity index (χ1v) is 7.71. The second-order valence-corrected chi connectivity index (χ2v) is 6.60. The van der Waals surface area contributed by atoms with Gasteiger partial charge in [0, 0.05) is 36.1 Å². The summed E-state index contributed by atoms with van der Waals surface area (Å²) in [7, 11) is 0. The first kappa shape index (κ1) is 14.8. The molecule has 4 heteroatoms. The smallest absolute Gasteiger partial charge is 0.222 e. The lowest BCUT2D eigenvalue weighted by Gasteiger charge is -2.37. The lowest BCUT2D eigenvalue weighted by atomic mass is 10.1. The molecular formula is C13H26N2OS. The zero-order valence-electron chi connectivity index (χ0n) is 11.5. The fourth-order valence-corrected chi connectivity index (χ4v) is 3.16. The molecule has 1 aliphatic heterocycles. The predicted molar refractivity (Wildman–Crippen MR) is 75.5 cm³/mol. The number of hydrogen-bond acceptors (Lipinski definition) is 3. The van der Waals surface area contributed by atoms with Crippen molar-refractivity contribution in [3.63, 3.8) is 0 Å². The molecule has 1 aliphatic rings. The molecule has 0 aromatic heterocycles. The van der Waals surface area contributed by atoms with Crippen LogP contribution in [0.15, 0.2) is 0 Å². The second-order valence-electron chi connectivity index (χ2n) is 5.12. The number of nitrogens with zero attached hydrogens (tertiary/aromatic N) is 1. The summed E-state index contributed by atoms with van der Waals surface area (Å²) in [5, 5.41) is 3.92. The average molecular weight is 258 g/mol. The van der Waals surface area contributed by atoms with Crippen molar-refractivity contribution in [1.82, 2.24) is 10.2 Å². The maximum atomic E-state index is 12.1. The van der Waals surface area contributed by atoms with Crippen LogP contribution in [0.5, 0.6) is 0 Å². The molecule has 1 N–H and O–H groups in total. The van der Waals surface area contributed by atoms with E-state index in [0.29, 0.717) is 29.7 Å². The van der Waals surface area contributed by atoms with E-state index in [1.54, 1.807) is 0 Å². The van der Waals surface area contributed by atoms with E-state index in [0.717, 1.165) is 25.3 Å². The number of hydrogen-bond donors (Lipinski definition) is 1. The van der Waals surface area contributed by atoms with Crippen LogP contribution < -0.4 is 5.32 Å². The molecule has 17 heavy (non-hydrogen) atoms. The molecule has 0 saturated carbocycles. The Labute approximate surface area is 110 Å². The molecule has 1 rings (SSSR count). The highest BCUT2D eigenvalue weighted by atomic mass is 32.2. The molecule has 0 spiro atoms. The fourth-order valence-electron chi connectivity index (χ4n) is 2.06. The third-order valence-electron chi connectivity index (χ3n) is 3.32.